The van der Waals surface area contributed by atoms with Gasteiger partial charge in [0.15, 0.2) is 11.0 Å². The summed E-state index contributed by atoms with van der Waals surface area (Å²) in [5.74, 6) is 2.37. The number of ether oxygens (including phenoxy) is 1. The van der Waals surface area contributed by atoms with Crippen LogP contribution in [0.25, 0.3) is 83.1 Å². The Labute approximate surface area is 355 Å². The molecule has 3 aromatic heterocycles. The first-order valence-corrected chi connectivity index (χ1v) is 20.9. The average molecular weight is 788 g/mol. The molecule has 5 nitrogen and oxygen atoms in total. The van der Waals surface area contributed by atoms with Crippen molar-refractivity contribution in [1.82, 2.24) is 14.1 Å². The van der Waals surface area contributed by atoms with Crippen molar-refractivity contribution in [1.29, 1.82) is 0 Å². The van der Waals surface area contributed by atoms with E-state index >= 15 is 0 Å². The van der Waals surface area contributed by atoms with Gasteiger partial charge in [0, 0.05) is 45.6 Å². The molecule has 0 fully saturated rings. The van der Waals surface area contributed by atoms with E-state index < -0.39 is 0 Å². The van der Waals surface area contributed by atoms with Crippen molar-refractivity contribution in [3.8, 4) is 50.9 Å². The number of rotatable bonds is 7. The molecule has 0 atom stereocenters. The molecule has 11 aromatic rings. The predicted octanol–water partition coefficient (Wildman–Crippen LogP) is 14.0. The topological polar surface area (TPSA) is 35.9 Å². The Morgan fingerprint density at radius 1 is 0.508 bits per heavy atom. The Morgan fingerprint density at radius 2 is 1.16 bits per heavy atom. The van der Waals surface area contributed by atoms with E-state index in [0.717, 1.165) is 56.1 Å². The second-order valence-electron chi connectivity index (χ2n) is 16.7. The van der Waals surface area contributed by atoms with Crippen molar-refractivity contribution < 1.29 is 9.30 Å². The third-order valence-electron chi connectivity index (χ3n) is 11.9. The first-order valence-electron chi connectivity index (χ1n) is 20.9. The largest absolute Gasteiger partial charge is 0.457 e. The molecule has 61 heavy (non-hydrogen) atoms. The summed E-state index contributed by atoms with van der Waals surface area (Å²) in [6, 6.07) is 68.9. The summed E-state index contributed by atoms with van der Waals surface area (Å²) >= 11 is 0. The van der Waals surface area contributed by atoms with E-state index in [4.69, 9.17) is 9.72 Å². The maximum atomic E-state index is 6.75. The van der Waals surface area contributed by atoms with Crippen LogP contribution in [0.2, 0.25) is 0 Å². The minimum absolute atomic E-state index is 0.0725. The van der Waals surface area contributed by atoms with Gasteiger partial charge in [-0.3, -0.25) is 4.57 Å². The summed E-state index contributed by atoms with van der Waals surface area (Å²) in [4.78, 5) is 4.73. The molecule has 292 valence electrons. The van der Waals surface area contributed by atoms with Gasteiger partial charge >= 0.3 is 0 Å². The van der Waals surface area contributed by atoms with Gasteiger partial charge in [0.05, 0.1) is 11.0 Å². The van der Waals surface area contributed by atoms with E-state index in [-0.39, 0.29) is 5.41 Å². The molecule has 0 spiro atoms. The molecule has 5 heteroatoms. The van der Waals surface area contributed by atoms with Gasteiger partial charge in [-0.25, -0.2) is 4.98 Å². The molecule has 0 bridgehead atoms. The molecule has 0 unspecified atom stereocenters. The lowest BCUT2D eigenvalue weighted by atomic mass is 9.82. The normalized spacial score (nSPS) is 11.9. The quantitative estimate of drug-likeness (QED) is 0.151. The first kappa shape index (κ1) is 36.3. The molecule has 0 radical (unpaired) electrons. The Hall–Kier alpha value is -7.76. The molecule has 3 heterocycles. The average Bonchev–Trinajstić information content (AvgIpc) is 3.85. The highest BCUT2D eigenvalue weighted by Gasteiger charge is 2.29. The predicted molar refractivity (Wildman–Crippen MR) is 251 cm³/mol. The lowest BCUT2D eigenvalue weighted by molar-refractivity contribution is -0.565. The molecular weight excluding hydrogens is 745 g/mol. The summed E-state index contributed by atoms with van der Waals surface area (Å²) in [5.41, 5.74) is 12.4. The second-order valence-corrected chi connectivity index (χ2v) is 16.7. The SMILES string of the molecule is CC(C)(C)c1cc(-c2ccccc2)c(-[n+]2cn(-c3cccc(Oc4ccc5c6ccccc6n(-c6ccccn6)c5c4)c3)c3ccc4ccccc4c32)c(-c2ccccc2)c1. The van der Waals surface area contributed by atoms with Crippen molar-refractivity contribution in [3.05, 3.63) is 212 Å². The minimum Gasteiger partial charge on any atom is -0.457 e. The zero-order valence-electron chi connectivity index (χ0n) is 34.3. The first-order chi connectivity index (χ1) is 29.9. The van der Waals surface area contributed by atoms with Crippen molar-refractivity contribution in [2.24, 2.45) is 0 Å². The Morgan fingerprint density at radius 3 is 1.89 bits per heavy atom. The standard InChI is InChI=1S/C56H43N4O/c1-56(2,3)41-33-48(38-17-6-4-7-18-38)54(49(34-41)39-19-8-5-9-20-39)59-37-58(51-31-28-40-21-10-11-24-45(40)55(51)59)42-22-16-23-43(35-42)61-44-29-30-47-46-25-12-13-26-50(46)60(52(47)36-44)53-27-14-15-32-57-53/h4-37H,1-3H3/q+1. The maximum absolute atomic E-state index is 6.75. The van der Waals surface area contributed by atoms with E-state index in [1.807, 2.05) is 30.5 Å². The van der Waals surface area contributed by atoms with E-state index in [0.29, 0.717) is 0 Å². The Bertz CT molecular complexity index is 3350. The van der Waals surface area contributed by atoms with Gasteiger partial charge < -0.3 is 4.74 Å². The van der Waals surface area contributed by atoms with Gasteiger partial charge in [-0.2, -0.15) is 9.13 Å². The fourth-order valence-corrected chi connectivity index (χ4v) is 8.88. The summed E-state index contributed by atoms with van der Waals surface area (Å²) in [6.45, 7) is 6.89. The van der Waals surface area contributed by atoms with Crippen molar-refractivity contribution in [3.63, 3.8) is 0 Å². The summed E-state index contributed by atoms with van der Waals surface area (Å²) in [7, 11) is 0. The fraction of sp³-hybridized carbons (Fsp3) is 0.0714. The molecule has 0 aliphatic heterocycles. The van der Waals surface area contributed by atoms with E-state index in [9.17, 15) is 0 Å². The van der Waals surface area contributed by atoms with Gasteiger partial charge in [0.1, 0.15) is 28.7 Å². The zero-order chi connectivity index (χ0) is 41.1. The van der Waals surface area contributed by atoms with Crippen molar-refractivity contribution in [2.75, 3.05) is 0 Å². The Kier molecular flexibility index (Phi) is 8.64. The van der Waals surface area contributed by atoms with Gasteiger partial charge in [-0.1, -0.05) is 130 Å². The van der Waals surface area contributed by atoms with Crippen LogP contribution in [0.3, 0.4) is 0 Å². The van der Waals surface area contributed by atoms with Gasteiger partial charge in [0.2, 0.25) is 0 Å². The Balaban J connectivity index is 1.11. The second kappa shape index (κ2) is 14.5. The van der Waals surface area contributed by atoms with E-state index in [1.54, 1.807) is 0 Å². The highest BCUT2D eigenvalue weighted by atomic mass is 16.5. The summed E-state index contributed by atoms with van der Waals surface area (Å²) < 4.78 is 13.7. The smallest absolute Gasteiger partial charge is 0.255 e. The third-order valence-corrected chi connectivity index (χ3v) is 11.9. The molecular formula is C56H43N4O+. The molecule has 11 rings (SSSR count). The van der Waals surface area contributed by atoms with Crippen molar-refractivity contribution >= 4 is 43.6 Å². The highest BCUT2D eigenvalue weighted by Crippen LogP contribution is 2.40. The maximum Gasteiger partial charge on any atom is 0.255 e. The van der Waals surface area contributed by atoms with E-state index in [1.165, 1.54) is 44.0 Å². The molecule has 0 aliphatic rings. The van der Waals surface area contributed by atoms with Gasteiger partial charge in [-0.15, -0.1) is 0 Å². The number of fused-ring (bicyclic) bond motifs is 6. The van der Waals surface area contributed by atoms with Gasteiger partial charge in [0.25, 0.3) is 6.33 Å². The van der Waals surface area contributed by atoms with Crippen LogP contribution >= 0.6 is 0 Å². The number of nitrogens with zero attached hydrogens (tertiary/aromatic N) is 4. The molecule has 8 aromatic carbocycles. The molecule has 0 saturated carbocycles. The number of hydrogen-bond donors (Lipinski definition) is 0. The molecule has 0 amide bonds. The number of imidazole rings is 1. The van der Waals surface area contributed by atoms with Crippen LogP contribution in [-0.4, -0.2) is 14.1 Å². The number of para-hydroxylation sites is 1. The van der Waals surface area contributed by atoms with Crippen LogP contribution in [0, 0.1) is 0 Å². The monoisotopic (exact) mass is 787 g/mol. The lowest BCUT2D eigenvalue weighted by Gasteiger charge is -2.23. The van der Waals surface area contributed by atoms with E-state index in [2.05, 4.69) is 211 Å². The third kappa shape index (κ3) is 6.34. The van der Waals surface area contributed by atoms with Crippen LogP contribution in [0.15, 0.2) is 207 Å². The number of aromatic nitrogens is 4. The lowest BCUT2D eigenvalue weighted by Crippen LogP contribution is -2.31. The summed E-state index contributed by atoms with van der Waals surface area (Å²) in [5, 5.41) is 4.70. The van der Waals surface area contributed by atoms with Gasteiger partial charge in [-0.05, 0) is 100 Å². The van der Waals surface area contributed by atoms with Crippen LogP contribution < -0.4 is 9.30 Å². The highest BCUT2D eigenvalue weighted by molar-refractivity contribution is 6.09. The van der Waals surface area contributed by atoms with Crippen molar-refractivity contribution in [2.45, 2.75) is 26.2 Å². The van der Waals surface area contributed by atoms with Crippen LogP contribution in [0.5, 0.6) is 11.5 Å². The molecule has 0 N–H and O–H groups in total. The zero-order valence-corrected chi connectivity index (χ0v) is 34.3. The van der Waals surface area contributed by atoms with Crippen LogP contribution in [0.4, 0.5) is 0 Å². The number of benzene rings is 8. The number of hydrogen-bond acceptors (Lipinski definition) is 2. The minimum atomic E-state index is -0.0725. The summed E-state index contributed by atoms with van der Waals surface area (Å²) in [6.07, 6.45) is 4.10. The van der Waals surface area contributed by atoms with Crippen LogP contribution in [-0.2, 0) is 5.41 Å². The molecule has 0 saturated heterocycles. The molecule has 0 aliphatic carbocycles. The number of pyridine rings is 1. The fourth-order valence-electron chi connectivity index (χ4n) is 8.88. The van der Waals surface area contributed by atoms with Crippen LogP contribution in [0.1, 0.15) is 26.3 Å².